The molecule has 1 amide bonds. The van der Waals surface area contributed by atoms with E-state index in [9.17, 15) is 4.79 Å². The Morgan fingerprint density at radius 1 is 1.30 bits per heavy atom. The number of carbonyl (C=O) groups is 1. The molecule has 3 aromatic rings. The molecule has 0 bridgehead atoms. The fourth-order valence-electron chi connectivity index (χ4n) is 1.85. The van der Waals surface area contributed by atoms with Crippen LogP contribution in [0.15, 0.2) is 52.2 Å². The highest BCUT2D eigenvalue weighted by atomic mass is 35.5. The van der Waals surface area contributed by atoms with Crippen molar-refractivity contribution in [2.45, 2.75) is 0 Å². The molecule has 0 aliphatic carbocycles. The van der Waals surface area contributed by atoms with Crippen molar-refractivity contribution in [3.8, 4) is 11.3 Å². The van der Waals surface area contributed by atoms with Crippen LogP contribution in [-0.2, 0) is 0 Å². The predicted molar refractivity (Wildman–Crippen MR) is 87.8 cm³/mol. The van der Waals surface area contributed by atoms with Crippen LogP contribution in [0.2, 0.25) is 10.0 Å². The molecule has 0 atom stereocenters. The van der Waals surface area contributed by atoms with E-state index in [0.29, 0.717) is 27.1 Å². The Balaban J connectivity index is 1.72. The third-order valence-corrected chi connectivity index (χ3v) is 3.48. The molecule has 0 radical (unpaired) electrons. The highest BCUT2D eigenvalue weighted by molar-refractivity contribution is 6.36. The van der Waals surface area contributed by atoms with Crippen LogP contribution in [0.4, 0.5) is 0 Å². The molecule has 0 fully saturated rings. The second-order valence-electron chi connectivity index (χ2n) is 4.51. The summed E-state index contributed by atoms with van der Waals surface area (Å²) in [6.45, 7) is 0. The largest absolute Gasteiger partial charge is 0.463 e. The second-order valence-corrected chi connectivity index (χ2v) is 5.35. The van der Waals surface area contributed by atoms with Crippen LogP contribution in [0.1, 0.15) is 16.2 Å². The maximum absolute atomic E-state index is 12.0. The average molecular weight is 349 g/mol. The lowest BCUT2D eigenvalue weighted by atomic mass is 10.1. The summed E-state index contributed by atoms with van der Waals surface area (Å²) in [5, 5.41) is 11.5. The number of halogens is 2. The number of benzene rings is 1. The van der Waals surface area contributed by atoms with Crippen molar-refractivity contribution in [3.05, 3.63) is 64.2 Å². The van der Waals surface area contributed by atoms with Crippen molar-refractivity contribution in [1.29, 1.82) is 0 Å². The van der Waals surface area contributed by atoms with Crippen molar-refractivity contribution in [2.75, 3.05) is 0 Å². The highest BCUT2D eigenvalue weighted by Gasteiger charge is 2.12. The van der Waals surface area contributed by atoms with Crippen LogP contribution in [0, 0.1) is 0 Å². The molecule has 116 valence electrons. The number of nitrogens with one attached hydrogen (secondary N) is 2. The van der Waals surface area contributed by atoms with E-state index >= 15 is 0 Å². The van der Waals surface area contributed by atoms with Gasteiger partial charge in [0.1, 0.15) is 11.5 Å². The van der Waals surface area contributed by atoms with Gasteiger partial charge in [-0.1, -0.05) is 23.2 Å². The van der Waals surface area contributed by atoms with E-state index in [2.05, 4.69) is 20.7 Å². The molecule has 0 spiro atoms. The Labute approximate surface area is 141 Å². The van der Waals surface area contributed by atoms with Crippen LogP contribution in [-0.4, -0.2) is 22.3 Å². The molecular formula is C15H10Cl2N4O2. The number of hydrogen-bond donors (Lipinski definition) is 2. The van der Waals surface area contributed by atoms with Crippen LogP contribution in [0.5, 0.6) is 0 Å². The Kier molecular flexibility index (Phi) is 4.45. The summed E-state index contributed by atoms with van der Waals surface area (Å²) in [7, 11) is 0. The zero-order valence-corrected chi connectivity index (χ0v) is 13.1. The van der Waals surface area contributed by atoms with Gasteiger partial charge in [0.2, 0.25) is 0 Å². The van der Waals surface area contributed by atoms with Gasteiger partial charge < -0.3 is 4.42 Å². The first-order valence-corrected chi connectivity index (χ1v) is 7.27. The zero-order chi connectivity index (χ0) is 16.2. The lowest BCUT2D eigenvalue weighted by molar-refractivity contribution is 0.0950. The van der Waals surface area contributed by atoms with Crippen LogP contribution >= 0.6 is 23.2 Å². The van der Waals surface area contributed by atoms with Crippen molar-refractivity contribution in [1.82, 2.24) is 15.6 Å². The van der Waals surface area contributed by atoms with Gasteiger partial charge in [0.25, 0.3) is 5.91 Å². The average Bonchev–Trinajstić information content (AvgIpc) is 3.18. The van der Waals surface area contributed by atoms with E-state index in [1.807, 2.05) is 0 Å². The molecule has 23 heavy (non-hydrogen) atoms. The van der Waals surface area contributed by atoms with Crippen molar-refractivity contribution >= 4 is 35.3 Å². The third-order valence-electron chi connectivity index (χ3n) is 2.93. The number of aromatic nitrogens is 2. The van der Waals surface area contributed by atoms with Gasteiger partial charge in [0, 0.05) is 10.6 Å². The van der Waals surface area contributed by atoms with Crippen molar-refractivity contribution in [2.24, 2.45) is 5.10 Å². The summed E-state index contributed by atoms with van der Waals surface area (Å²) in [5.41, 5.74) is 3.83. The molecule has 8 heteroatoms. The summed E-state index contributed by atoms with van der Waals surface area (Å²) >= 11 is 12.0. The summed E-state index contributed by atoms with van der Waals surface area (Å²) in [4.78, 5) is 12.0. The minimum absolute atomic E-state index is 0.252. The number of hydrazone groups is 1. The van der Waals surface area contributed by atoms with Crippen LogP contribution in [0.3, 0.4) is 0 Å². The minimum Gasteiger partial charge on any atom is -0.463 e. The Hall–Kier alpha value is -2.57. The smallest absolute Gasteiger partial charge is 0.289 e. The first-order chi connectivity index (χ1) is 11.1. The van der Waals surface area contributed by atoms with Gasteiger partial charge in [-0.2, -0.15) is 10.2 Å². The quantitative estimate of drug-likeness (QED) is 0.556. The Morgan fingerprint density at radius 2 is 2.17 bits per heavy atom. The molecule has 6 nitrogen and oxygen atoms in total. The molecule has 2 N–H and O–H groups in total. The van der Waals surface area contributed by atoms with Crippen LogP contribution < -0.4 is 5.43 Å². The number of nitrogens with zero attached hydrogens (tertiary/aromatic N) is 2. The fourth-order valence-corrected chi connectivity index (χ4v) is 2.36. The Bertz CT molecular complexity index is 856. The first kappa shape index (κ1) is 15.3. The highest BCUT2D eigenvalue weighted by Crippen LogP contribution is 2.29. The van der Waals surface area contributed by atoms with E-state index in [4.69, 9.17) is 27.6 Å². The van der Waals surface area contributed by atoms with E-state index in [-0.39, 0.29) is 5.69 Å². The van der Waals surface area contributed by atoms with Crippen LogP contribution in [0.25, 0.3) is 11.3 Å². The van der Waals surface area contributed by atoms with Gasteiger partial charge in [-0.3, -0.25) is 9.89 Å². The summed E-state index contributed by atoms with van der Waals surface area (Å²) < 4.78 is 5.06. The van der Waals surface area contributed by atoms with Crippen molar-refractivity contribution in [3.63, 3.8) is 0 Å². The van der Waals surface area contributed by atoms with Gasteiger partial charge in [-0.25, -0.2) is 5.43 Å². The normalized spacial score (nSPS) is 11.0. The first-order valence-electron chi connectivity index (χ1n) is 6.51. The summed E-state index contributed by atoms with van der Waals surface area (Å²) in [6.07, 6.45) is 2.91. The van der Waals surface area contributed by atoms with Gasteiger partial charge in [0.05, 0.1) is 23.2 Å². The number of aromatic amines is 1. The second kappa shape index (κ2) is 6.68. The number of rotatable bonds is 4. The van der Waals surface area contributed by atoms with Crippen molar-refractivity contribution < 1.29 is 9.21 Å². The SMILES string of the molecule is O=C(N/N=C/c1ccco1)c1cc(-c2ccc(Cl)cc2Cl)n[nH]1. The maximum Gasteiger partial charge on any atom is 0.289 e. The number of hydrogen-bond acceptors (Lipinski definition) is 4. The lowest BCUT2D eigenvalue weighted by Crippen LogP contribution is -2.17. The number of furan rings is 1. The summed E-state index contributed by atoms with van der Waals surface area (Å²) in [6, 6.07) is 10.1. The topological polar surface area (TPSA) is 83.3 Å². The number of amides is 1. The molecule has 3 rings (SSSR count). The molecule has 2 aromatic heterocycles. The molecular weight excluding hydrogens is 339 g/mol. The maximum atomic E-state index is 12.0. The van der Waals surface area contributed by atoms with E-state index in [0.717, 1.165) is 0 Å². The molecule has 0 aliphatic heterocycles. The molecule has 0 saturated carbocycles. The van der Waals surface area contributed by atoms with Gasteiger partial charge >= 0.3 is 0 Å². The molecule has 2 heterocycles. The van der Waals surface area contributed by atoms with Gasteiger partial charge in [-0.05, 0) is 36.4 Å². The fraction of sp³-hybridized carbons (Fsp3) is 0. The molecule has 0 aliphatic rings. The number of H-pyrrole nitrogens is 1. The molecule has 0 saturated heterocycles. The third kappa shape index (κ3) is 3.61. The summed E-state index contributed by atoms with van der Waals surface area (Å²) in [5.74, 6) is 0.0974. The zero-order valence-electron chi connectivity index (χ0n) is 11.6. The molecule has 1 aromatic carbocycles. The molecule has 0 unspecified atom stereocenters. The Morgan fingerprint density at radius 3 is 2.91 bits per heavy atom. The predicted octanol–water partition coefficient (Wildman–Crippen LogP) is 3.74. The standard InChI is InChI=1S/C15H10Cl2N4O2/c16-9-3-4-11(12(17)6-9)13-7-14(20-19-13)15(22)21-18-8-10-2-1-5-23-10/h1-8H,(H,19,20)(H,21,22)/b18-8+. The van der Waals surface area contributed by atoms with E-state index < -0.39 is 5.91 Å². The van der Waals surface area contributed by atoms with Gasteiger partial charge in [-0.15, -0.1) is 0 Å². The lowest BCUT2D eigenvalue weighted by Gasteiger charge is -2.00. The minimum atomic E-state index is -0.434. The monoisotopic (exact) mass is 348 g/mol. The number of carbonyl (C=O) groups excluding carboxylic acids is 1. The van der Waals surface area contributed by atoms with E-state index in [1.54, 1.807) is 36.4 Å². The van der Waals surface area contributed by atoms with E-state index in [1.165, 1.54) is 12.5 Å². The van der Waals surface area contributed by atoms with Gasteiger partial charge in [0.15, 0.2) is 0 Å².